The van der Waals surface area contributed by atoms with Crippen LogP contribution in [0.1, 0.15) is 5.56 Å². The molecule has 0 aliphatic carbocycles. The van der Waals surface area contributed by atoms with Gasteiger partial charge in [0.2, 0.25) is 6.79 Å². The maximum absolute atomic E-state index is 10.00. The average molecular weight is 289 g/mol. The Morgan fingerprint density at radius 2 is 1.95 bits per heavy atom. The van der Waals surface area contributed by atoms with Crippen LogP contribution in [0.15, 0.2) is 41.3 Å². The van der Waals surface area contributed by atoms with Gasteiger partial charge in [0.05, 0.1) is 0 Å². The number of anilines is 1. The third kappa shape index (κ3) is 2.49. The minimum absolute atomic E-state index is 0.209. The van der Waals surface area contributed by atoms with E-state index < -0.39 is 0 Å². The van der Waals surface area contributed by atoms with Crippen molar-refractivity contribution in [3.8, 4) is 17.2 Å². The second kappa shape index (κ2) is 5.54. The van der Waals surface area contributed by atoms with Gasteiger partial charge >= 0.3 is 0 Å². The van der Waals surface area contributed by atoms with Gasteiger partial charge in [-0.3, -0.25) is 0 Å². The maximum atomic E-state index is 10.00. The molecule has 0 saturated carbocycles. The standard InChI is InChI=1S/C15H15NO3S/c1-20-15-5-3-2-4-11(15)16-8-10-6-13-14(7-12(10)17)19-9-18-13/h2-7,16-17H,8-9H2,1H3. The maximum Gasteiger partial charge on any atom is 0.231 e. The summed E-state index contributed by atoms with van der Waals surface area (Å²) in [5.74, 6) is 1.48. The van der Waals surface area contributed by atoms with Crippen LogP contribution in [0.2, 0.25) is 0 Å². The van der Waals surface area contributed by atoms with E-state index in [-0.39, 0.29) is 12.5 Å². The number of hydrogen-bond donors (Lipinski definition) is 2. The fourth-order valence-corrected chi connectivity index (χ4v) is 2.67. The van der Waals surface area contributed by atoms with Gasteiger partial charge in [-0.2, -0.15) is 0 Å². The highest BCUT2D eigenvalue weighted by Crippen LogP contribution is 2.38. The first-order chi connectivity index (χ1) is 9.78. The molecule has 0 saturated heterocycles. The predicted molar refractivity (Wildman–Crippen MR) is 79.8 cm³/mol. The molecule has 104 valence electrons. The largest absolute Gasteiger partial charge is 0.507 e. The Hall–Kier alpha value is -2.01. The number of para-hydroxylation sites is 1. The van der Waals surface area contributed by atoms with Crippen molar-refractivity contribution in [1.29, 1.82) is 0 Å². The Kier molecular flexibility index (Phi) is 3.60. The summed E-state index contributed by atoms with van der Waals surface area (Å²) < 4.78 is 10.6. The van der Waals surface area contributed by atoms with E-state index in [9.17, 15) is 5.11 Å². The monoisotopic (exact) mass is 289 g/mol. The Balaban J connectivity index is 1.78. The molecule has 1 aliphatic heterocycles. The normalized spacial score (nSPS) is 12.4. The van der Waals surface area contributed by atoms with Crippen molar-refractivity contribution in [1.82, 2.24) is 0 Å². The fraction of sp³-hybridized carbons (Fsp3) is 0.200. The summed E-state index contributed by atoms with van der Waals surface area (Å²) in [6.07, 6.45) is 2.04. The van der Waals surface area contributed by atoms with Crippen molar-refractivity contribution in [2.24, 2.45) is 0 Å². The molecule has 0 aromatic heterocycles. The lowest BCUT2D eigenvalue weighted by atomic mass is 10.1. The van der Waals surface area contributed by atoms with E-state index in [1.165, 1.54) is 4.90 Å². The molecule has 3 rings (SSSR count). The van der Waals surface area contributed by atoms with Gasteiger partial charge in [0.1, 0.15) is 5.75 Å². The van der Waals surface area contributed by atoms with Crippen molar-refractivity contribution in [3.63, 3.8) is 0 Å². The lowest BCUT2D eigenvalue weighted by molar-refractivity contribution is 0.174. The lowest BCUT2D eigenvalue weighted by Gasteiger charge is -2.12. The molecular weight excluding hydrogens is 274 g/mol. The van der Waals surface area contributed by atoms with Gasteiger partial charge in [0.15, 0.2) is 11.5 Å². The summed E-state index contributed by atoms with van der Waals surface area (Å²) >= 11 is 1.69. The number of phenolic OH excluding ortho intramolecular Hbond substituents is 1. The van der Waals surface area contributed by atoms with Crippen molar-refractivity contribution < 1.29 is 14.6 Å². The summed E-state index contributed by atoms with van der Waals surface area (Å²) in [5.41, 5.74) is 1.84. The number of ether oxygens (including phenoxy) is 2. The third-order valence-corrected chi connectivity index (χ3v) is 3.95. The van der Waals surface area contributed by atoms with Gasteiger partial charge in [0.25, 0.3) is 0 Å². The summed E-state index contributed by atoms with van der Waals surface area (Å²) in [4.78, 5) is 1.17. The average Bonchev–Trinajstić information content (AvgIpc) is 2.92. The zero-order valence-corrected chi connectivity index (χ0v) is 11.9. The first-order valence-electron chi connectivity index (χ1n) is 6.26. The summed E-state index contributed by atoms with van der Waals surface area (Å²) in [5, 5.41) is 13.3. The highest BCUT2D eigenvalue weighted by atomic mass is 32.2. The Morgan fingerprint density at radius 1 is 1.20 bits per heavy atom. The quantitative estimate of drug-likeness (QED) is 0.844. The van der Waals surface area contributed by atoms with E-state index in [1.807, 2.05) is 30.5 Å². The number of aromatic hydroxyl groups is 1. The number of thioether (sulfide) groups is 1. The molecule has 1 aliphatic rings. The zero-order chi connectivity index (χ0) is 13.9. The molecule has 0 radical (unpaired) electrons. The van der Waals surface area contributed by atoms with Gasteiger partial charge in [-0.25, -0.2) is 0 Å². The van der Waals surface area contributed by atoms with Crippen LogP contribution in [-0.2, 0) is 6.54 Å². The smallest absolute Gasteiger partial charge is 0.231 e. The summed E-state index contributed by atoms with van der Waals surface area (Å²) in [6.45, 7) is 0.737. The molecule has 2 aromatic rings. The minimum Gasteiger partial charge on any atom is -0.507 e. The van der Waals surface area contributed by atoms with Crippen LogP contribution in [0.25, 0.3) is 0 Å². The Morgan fingerprint density at radius 3 is 2.75 bits per heavy atom. The molecule has 0 amide bonds. The van der Waals surface area contributed by atoms with Crippen molar-refractivity contribution in [3.05, 3.63) is 42.0 Å². The first-order valence-corrected chi connectivity index (χ1v) is 7.49. The molecule has 2 N–H and O–H groups in total. The molecule has 0 atom stereocenters. The topological polar surface area (TPSA) is 50.7 Å². The highest BCUT2D eigenvalue weighted by Gasteiger charge is 2.16. The number of rotatable bonds is 4. The highest BCUT2D eigenvalue weighted by molar-refractivity contribution is 7.98. The van der Waals surface area contributed by atoms with Gasteiger partial charge in [0, 0.05) is 28.8 Å². The minimum atomic E-state index is 0.209. The van der Waals surface area contributed by atoms with Gasteiger partial charge in [-0.1, -0.05) is 12.1 Å². The fourth-order valence-electron chi connectivity index (χ4n) is 2.10. The zero-order valence-electron chi connectivity index (χ0n) is 11.1. The molecule has 0 bridgehead atoms. The molecular formula is C15H15NO3S. The number of nitrogens with one attached hydrogen (secondary N) is 1. The van der Waals surface area contributed by atoms with Crippen LogP contribution in [0, 0.1) is 0 Å². The molecule has 5 heteroatoms. The molecule has 0 spiro atoms. The van der Waals surface area contributed by atoms with E-state index in [2.05, 4.69) is 11.4 Å². The van der Waals surface area contributed by atoms with Gasteiger partial charge in [-0.05, 0) is 24.5 Å². The SMILES string of the molecule is CSc1ccccc1NCc1cc2c(cc1O)OCO2. The van der Waals surface area contributed by atoms with E-state index in [4.69, 9.17) is 9.47 Å². The van der Waals surface area contributed by atoms with Crippen LogP contribution >= 0.6 is 11.8 Å². The van der Waals surface area contributed by atoms with E-state index in [0.29, 0.717) is 18.0 Å². The van der Waals surface area contributed by atoms with Crippen LogP contribution < -0.4 is 14.8 Å². The van der Waals surface area contributed by atoms with Gasteiger partial charge in [-0.15, -0.1) is 11.8 Å². The Labute approximate surface area is 121 Å². The van der Waals surface area contributed by atoms with Crippen LogP contribution in [0.5, 0.6) is 17.2 Å². The molecule has 0 fully saturated rings. The first kappa shape index (κ1) is 13.0. The van der Waals surface area contributed by atoms with Crippen LogP contribution in [0.4, 0.5) is 5.69 Å². The van der Waals surface area contributed by atoms with Crippen molar-refractivity contribution >= 4 is 17.4 Å². The van der Waals surface area contributed by atoms with Crippen LogP contribution in [-0.4, -0.2) is 18.2 Å². The van der Waals surface area contributed by atoms with Gasteiger partial charge < -0.3 is 19.9 Å². The molecule has 1 heterocycles. The number of fused-ring (bicyclic) bond motifs is 1. The molecule has 0 unspecified atom stereocenters. The third-order valence-electron chi connectivity index (χ3n) is 3.15. The second-order valence-corrected chi connectivity index (χ2v) is 5.24. The molecule has 2 aromatic carbocycles. The van der Waals surface area contributed by atoms with Crippen molar-refractivity contribution in [2.75, 3.05) is 18.4 Å². The molecule has 20 heavy (non-hydrogen) atoms. The second-order valence-electron chi connectivity index (χ2n) is 4.39. The van der Waals surface area contributed by atoms with E-state index in [1.54, 1.807) is 17.8 Å². The summed E-state index contributed by atoms with van der Waals surface area (Å²) in [7, 11) is 0. The lowest BCUT2D eigenvalue weighted by Crippen LogP contribution is -2.01. The molecule has 4 nitrogen and oxygen atoms in total. The van der Waals surface area contributed by atoms with Crippen LogP contribution in [0.3, 0.4) is 0 Å². The van der Waals surface area contributed by atoms with E-state index >= 15 is 0 Å². The number of benzene rings is 2. The Bertz CT molecular complexity index is 631. The number of phenols is 1. The number of hydrogen-bond acceptors (Lipinski definition) is 5. The predicted octanol–water partition coefficient (Wildman–Crippen LogP) is 3.45. The van der Waals surface area contributed by atoms with E-state index in [0.717, 1.165) is 11.3 Å². The summed E-state index contributed by atoms with van der Waals surface area (Å²) in [6, 6.07) is 11.5. The van der Waals surface area contributed by atoms with Crippen molar-refractivity contribution in [2.45, 2.75) is 11.4 Å².